The lowest BCUT2D eigenvalue weighted by Crippen LogP contribution is -2.21. The van der Waals surface area contributed by atoms with Crippen LogP contribution in [0.15, 0.2) is 22.9 Å². The number of para-hydroxylation sites is 1. The fraction of sp³-hybridized carbons (Fsp3) is 0.364. The van der Waals surface area contributed by atoms with Crippen molar-refractivity contribution in [3.63, 3.8) is 0 Å². The highest BCUT2D eigenvalue weighted by Crippen LogP contribution is 2.31. The van der Waals surface area contributed by atoms with Crippen LogP contribution in [0.25, 0.3) is 11.0 Å². The van der Waals surface area contributed by atoms with Crippen LogP contribution in [0.3, 0.4) is 0 Å². The summed E-state index contributed by atoms with van der Waals surface area (Å²) in [6.07, 6.45) is 0. The van der Waals surface area contributed by atoms with E-state index in [0.717, 1.165) is 15.8 Å². The summed E-state index contributed by atoms with van der Waals surface area (Å²) in [5.74, 6) is 0. The molecule has 0 amide bonds. The van der Waals surface area contributed by atoms with Crippen molar-refractivity contribution in [2.75, 3.05) is 0 Å². The Bertz CT molecular complexity index is 511. The Morgan fingerprint density at radius 3 is 2.60 bits per heavy atom. The summed E-state index contributed by atoms with van der Waals surface area (Å²) in [5, 5.41) is 0.691. The molecule has 0 aliphatic rings. The smallest absolute Gasteiger partial charge is 0.178 e. The highest BCUT2D eigenvalue weighted by Gasteiger charge is 2.20. The third-order valence-electron chi connectivity index (χ3n) is 2.27. The molecule has 2 rings (SSSR count). The largest absolute Gasteiger partial charge is 0.313 e. The Balaban J connectivity index is 2.86. The number of benzene rings is 1. The molecule has 0 aliphatic carbocycles. The summed E-state index contributed by atoms with van der Waals surface area (Å²) in [5.41, 5.74) is 1.89. The summed E-state index contributed by atoms with van der Waals surface area (Å²) < 4.78 is 2.95. The molecule has 0 saturated heterocycles. The zero-order chi connectivity index (χ0) is 11.2. The van der Waals surface area contributed by atoms with Gasteiger partial charge in [0.2, 0.25) is 0 Å². The number of hydrogen-bond donors (Lipinski definition) is 0. The molecule has 0 unspecified atom stereocenters. The molecule has 0 bridgehead atoms. The van der Waals surface area contributed by atoms with E-state index in [-0.39, 0.29) is 5.54 Å². The normalized spacial score (nSPS) is 12.3. The van der Waals surface area contributed by atoms with Gasteiger partial charge in [0.05, 0.1) is 10.5 Å². The van der Waals surface area contributed by atoms with Gasteiger partial charge in [-0.2, -0.15) is 0 Å². The number of halogens is 2. The maximum atomic E-state index is 6.10. The topological polar surface area (TPSA) is 17.8 Å². The highest BCUT2D eigenvalue weighted by molar-refractivity contribution is 9.10. The fourth-order valence-electron chi connectivity index (χ4n) is 1.67. The van der Waals surface area contributed by atoms with Gasteiger partial charge in [0.1, 0.15) is 5.52 Å². The van der Waals surface area contributed by atoms with Crippen LogP contribution in [0, 0.1) is 0 Å². The monoisotopic (exact) mass is 286 g/mol. The molecule has 2 nitrogen and oxygen atoms in total. The molecular formula is C11H12BrClN2. The minimum absolute atomic E-state index is 0.0156. The van der Waals surface area contributed by atoms with E-state index in [0.29, 0.717) is 5.02 Å². The lowest BCUT2D eigenvalue weighted by molar-refractivity contribution is 0.401. The standard InChI is InChI=1S/C11H12BrClN2/c1-11(2,3)15-8-6-4-5-7(13)9(8)14-10(15)12/h4-6H,1-3H3. The molecule has 0 fully saturated rings. The van der Waals surface area contributed by atoms with Gasteiger partial charge in [-0.05, 0) is 48.8 Å². The maximum absolute atomic E-state index is 6.10. The average Bonchev–Trinajstić information content (AvgIpc) is 2.41. The molecule has 1 aromatic heterocycles. The number of imidazole rings is 1. The Morgan fingerprint density at radius 2 is 2.00 bits per heavy atom. The molecule has 80 valence electrons. The third kappa shape index (κ3) is 1.79. The van der Waals surface area contributed by atoms with Gasteiger partial charge >= 0.3 is 0 Å². The van der Waals surface area contributed by atoms with E-state index < -0.39 is 0 Å². The molecule has 0 saturated carbocycles. The second-order valence-corrected chi connectivity index (χ2v) is 5.61. The zero-order valence-electron chi connectivity index (χ0n) is 8.88. The van der Waals surface area contributed by atoms with Crippen LogP contribution in [-0.4, -0.2) is 9.55 Å². The quantitative estimate of drug-likeness (QED) is 0.710. The van der Waals surface area contributed by atoms with Crippen LogP contribution < -0.4 is 0 Å². The molecule has 0 spiro atoms. The number of rotatable bonds is 0. The van der Waals surface area contributed by atoms with Gasteiger partial charge in [0.15, 0.2) is 4.73 Å². The first-order chi connectivity index (χ1) is 6.91. The molecule has 0 radical (unpaired) electrons. The Morgan fingerprint density at radius 1 is 1.33 bits per heavy atom. The first kappa shape index (κ1) is 11.0. The molecule has 15 heavy (non-hydrogen) atoms. The number of hydrogen-bond acceptors (Lipinski definition) is 1. The Hall–Kier alpha value is -0.540. The Kier molecular flexibility index (Phi) is 2.55. The van der Waals surface area contributed by atoms with E-state index in [4.69, 9.17) is 11.6 Å². The van der Waals surface area contributed by atoms with Crippen LogP contribution in [0.4, 0.5) is 0 Å². The van der Waals surface area contributed by atoms with Gasteiger partial charge in [0, 0.05) is 5.54 Å². The lowest BCUT2D eigenvalue weighted by atomic mass is 10.1. The molecular weight excluding hydrogens is 275 g/mol. The average molecular weight is 288 g/mol. The van der Waals surface area contributed by atoms with Crippen molar-refractivity contribution in [3.05, 3.63) is 28.0 Å². The van der Waals surface area contributed by atoms with E-state index in [1.807, 2.05) is 18.2 Å². The SMILES string of the molecule is CC(C)(C)n1c(Br)nc2c(Cl)cccc21. The van der Waals surface area contributed by atoms with Gasteiger partial charge in [0.25, 0.3) is 0 Å². The summed E-state index contributed by atoms with van der Waals surface area (Å²) in [6.45, 7) is 6.42. The van der Waals surface area contributed by atoms with Gasteiger partial charge in [-0.3, -0.25) is 0 Å². The first-order valence-corrected chi connectivity index (χ1v) is 5.91. The predicted molar refractivity (Wildman–Crippen MR) is 67.4 cm³/mol. The molecule has 0 aliphatic heterocycles. The van der Waals surface area contributed by atoms with Crippen molar-refractivity contribution in [3.8, 4) is 0 Å². The van der Waals surface area contributed by atoms with E-state index in [1.54, 1.807) is 0 Å². The number of aromatic nitrogens is 2. The summed E-state index contributed by atoms with van der Waals surface area (Å²) in [7, 11) is 0. The minimum Gasteiger partial charge on any atom is -0.313 e. The summed E-state index contributed by atoms with van der Waals surface area (Å²) >= 11 is 9.57. The van der Waals surface area contributed by atoms with Gasteiger partial charge in [-0.1, -0.05) is 17.7 Å². The summed E-state index contributed by atoms with van der Waals surface area (Å²) in [6, 6.07) is 5.83. The van der Waals surface area contributed by atoms with Crippen molar-refractivity contribution >= 4 is 38.6 Å². The second kappa shape index (κ2) is 3.49. The van der Waals surface area contributed by atoms with Crippen LogP contribution >= 0.6 is 27.5 Å². The van der Waals surface area contributed by atoms with Crippen LogP contribution in [-0.2, 0) is 5.54 Å². The lowest BCUT2D eigenvalue weighted by Gasteiger charge is -2.22. The fourth-order valence-corrected chi connectivity index (χ4v) is 2.79. The van der Waals surface area contributed by atoms with Crippen molar-refractivity contribution in [2.45, 2.75) is 26.3 Å². The third-order valence-corrected chi connectivity index (χ3v) is 3.10. The van der Waals surface area contributed by atoms with Crippen LogP contribution in [0.5, 0.6) is 0 Å². The van der Waals surface area contributed by atoms with Crippen molar-refractivity contribution in [1.29, 1.82) is 0 Å². The van der Waals surface area contributed by atoms with Crippen molar-refractivity contribution in [1.82, 2.24) is 9.55 Å². The molecule has 0 N–H and O–H groups in total. The van der Waals surface area contributed by atoms with E-state index in [2.05, 4.69) is 46.3 Å². The highest BCUT2D eigenvalue weighted by atomic mass is 79.9. The van der Waals surface area contributed by atoms with Gasteiger partial charge in [-0.25, -0.2) is 4.98 Å². The summed E-state index contributed by atoms with van der Waals surface area (Å²) in [4.78, 5) is 4.43. The second-order valence-electron chi connectivity index (χ2n) is 4.49. The van der Waals surface area contributed by atoms with E-state index in [1.165, 1.54) is 0 Å². The molecule has 0 atom stereocenters. The van der Waals surface area contributed by atoms with Crippen LogP contribution in [0.2, 0.25) is 5.02 Å². The van der Waals surface area contributed by atoms with Crippen LogP contribution in [0.1, 0.15) is 20.8 Å². The number of fused-ring (bicyclic) bond motifs is 1. The zero-order valence-corrected chi connectivity index (χ0v) is 11.2. The maximum Gasteiger partial charge on any atom is 0.178 e. The number of nitrogens with zero attached hydrogens (tertiary/aromatic N) is 2. The van der Waals surface area contributed by atoms with E-state index >= 15 is 0 Å². The van der Waals surface area contributed by atoms with Crippen molar-refractivity contribution in [2.24, 2.45) is 0 Å². The van der Waals surface area contributed by atoms with Crippen molar-refractivity contribution < 1.29 is 0 Å². The van der Waals surface area contributed by atoms with Gasteiger partial charge < -0.3 is 4.57 Å². The van der Waals surface area contributed by atoms with E-state index in [9.17, 15) is 0 Å². The molecule has 1 aromatic carbocycles. The minimum atomic E-state index is -0.0156. The molecule has 4 heteroatoms. The predicted octanol–water partition coefficient (Wildman–Crippen LogP) is 4.21. The first-order valence-electron chi connectivity index (χ1n) is 4.74. The van der Waals surface area contributed by atoms with Gasteiger partial charge in [-0.15, -0.1) is 0 Å². The Labute approximate surface area is 102 Å². The molecule has 1 heterocycles. The molecule has 2 aromatic rings.